The van der Waals surface area contributed by atoms with Crippen molar-refractivity contribution >= 4 is 22.9 Å². The Labute approximate surface area is 95.8 Å². The van der Waals surface area contributed by atoms with Crippen LogP contribution in [0, 0.1) is 27.7 Å². The first-order valence-corrected chi connectivity index (χ1v) is 5.25. The second kappa shape index (κ2) is 4.63. The monoisotopic (exact) mass is 222 g/mol. The molecule has 1 nitrogen and oxygen atoms in total. The van der Waals surface area contributed by atoms with Crippen molar-refractivity contribution in [2.45, 2.75) is 27.7 Å². The Bertz CT molecular complexity index is 404. The number of hydrogen-bond acceptors (Lipinski definition) is 1. The van der Waals surface area contributed by atoms with Crippen LogP contribution >= 0.6 is 11.6 Å². The molecule has 0 N–H and O–H groups in total. The molecule has 1 rings (SSSR count). The molecule has 0 saturated heterocycles. The lowest BCUT2D eigenvalue weighted by molar-refractivity contribution is -0.104. The maximum absolute atomic E-state index is 10.4. The Balaban J connectivity index is 3.52. The van der Waals surface area contributed by atoms with Gasteiger partial charge in [-0.1, -0.05) is 17.7 Å². The Morgan fingerprint density at radius 2 is 1.60 bits per heavy atom. The number of carbonyl (C=O) groups excluding carboxylic acids is 1. The number of aldehydes is 1. The number of aryl methyl sites for hydroxylation is 2. The molecule has 2 heteroatoms. The molecule has 0 atom stereocenters. The first-order valence-electron chi connectivity index (χ1n) is 4.87. The van der Waals surface area contributed by atoms with Gasteiger partial charge in [-0.3, -0.25) is 4.79 Å². The van der Waals surface area contributed by atoms with E-state index in [-0.39, 0.29) is 0 Å². The summed E-state index contributed by atoms with van der Waals surface area (Å²) in [6.07, 6.45) is 2.12. The third kappa shape index (κ3) is 2.29. The summed E-state index contributed by atoms with van der Waals surface area (Å²) in [5.41, 5.74) is 5.67. The molecular formula is C13H15ClO. The van der Waals surface area contributed by atoms with E-state index >= 15 is 0 Å². The van der Waals surface area contributed by atoms with Crippen LogP contribution in [0.3, 0.4) is 0 Å². The van der Waals surface area contributed by atoms with Crippen molar-refractivity contribution in [1.82, 2.24) is 0 Å². The summed E-state index contributed by atoms with van der Waals surface area (Å²) in [6.45, 7) is 8.16. The highest BCUT2D eigenvalue weighted by molar-refractivity contribution is 6.50. The zero-order valence-corrected chi connectivity index (χ0v) is 10.3. The van der Waals surface area contributed by atoms with Crippen LogP contribution < -0.4 is 0 Å². The minimum Gasteiger partial charge on any atom is -0.299 e. The van der Waals surface area contributed by atoms with Gasteiger partial charge in [-0.25, -0.2) is 0 Å². The topological polar surface area (TPSA) is 17.1 Å². The van der Waals surface area contributed by atoms with Gasteiger partial charge in [0.1, 0.15) is 6.29 Å². The highest BCUT2D eigenvalue weighted by atomic mass is 35.5. The molecule has 0 radical (unpaired) electrons. The normalized spacial score (nSPS) is 11.7. The van der Waals surface area contributed by atoms with Gasteiger partial charge in [0.05, 0.1) is 5.03 Å². The van der Waals surface area contributed by atoms with Gasteiger partial charge < -0.3 is 0 Å². The van der Waals surface area contributed by atoms with Crippen molar-refractivity contribution in [3.05, 3.63) is 40.0 Å². The van der Waals surface area contributed by atoms with E-state index in [9.17, 15) is 4.79 Å². The average molecular weight is 223 g/mol. The Kier molecular flexibility index (Phi) is 3.70. The molecular weight excluding hydrogens is 208 g/mol. The molecule has 1 aromatic rings. The Hall–Kier alpha value is -1.08. The predicted molar refractivity (Wildman–Crippen MR) is 65.3 cm³/mol. The summed E-state index contributed by atoms with van der Waals surface area (Å²) in [7, 11) is 0. The minimum absolute atomic E-state index is 0.520. The summed E-state index contributed by atoms with van der Waals surface area (Å²) in [6, 6.07) is 2.14. The van der Waals surface area contributed by atoms with E-state index in [2.05, 4.69) is 19.9 Å². The maximum Gasteiger partial charge on any atom is 0.144 e. The number of benzene rings is 1. The molecule has 0 amide bonds. The van der Waals surface area contributed by atoms with Crippen LogP contribution in [0.4, 0.5) is 0 Å². The Morgan fingerprint density at radius 1 is 1.13 bits per heavy atom. The number of carbonyl (C=O) groups is 1. The van der Waals surface area contributed by atoms with Crippen LogP contribution in [-0.4, -0.2) is 6.29 Å². The lowest BCUT2D eigenvalue weighted by atomic mass is 9.94. The molecule has 15 heavy (non-hydrogen) atoms. The van der Waals surface area contributed by atoms with Crippen LogP contribution in [0.5, 0.6) is 0 Å². The summed E-state index contributed by atoms with van der Waals surface area (Å²) in [5.74, 6) is 0. The fourth-order valence-electron chi connectivity index (χ4n) is 1.72. The Morgan fingerprint density at radius 3 is 2.00 bits per heavy atom. The summed E-state index contributed by atoms with van der Waals surface area (Å²) in [5, 5.41) is 0.520. The maximum atomic E-state index is 10.4. The summed E-state index contributed by atoms with van der Waals surface area (Å²) >= 11 is 6.09. The highest BCUT2D eigenvalue weighted by Crippen LogP contribution is 2.29. The van der Waals surface area contributed by atoms with Crippen LogP contribution in [-0.2, 0) is 4.79 Å². The molecule has 0 aromatic heterocycles. The van der Waals surface area contributed by atoms with Gasteiger partial charge in [-0.15, -0.1) is 0 Å². The van der Waals surface area contributed by atoms with Crippen LogP contribution in [0.25, 0.3) is 5.03 Å². The average Bonchev–Trinajstić information content (AvgIpc) is 2.16. The molecule has 0 fully saturated rings. The number of rotatable bonds is 2. The quantitative estimate of drug-likeness (QED) is 0.551. The van der Waals surface area contributed by atoms with E-state index in [4.69, 9.17) is 11.6 Å². The lowest BCUT2D eigenvalue weighted by Gasteiger charge is -2.14. The van der Waals surface area contributed by atoms with Crippen LogP contribution in [0.2, 0.25) is 0 Å². The van der Waals surface area contributed by atoms with Crippen molar-refractivity contribution < 1.29 is 4.79 Å². The van der Waals surface area contributed by atoms with Crippen molar-refractivity contribution in [2.75, 3.05) is 0 Å². The molecule has 1 aromatic carbocycles. The molecule has 0 spiro atoms. The number of allylic oxidation sites excluding steroid dienone is 1. The summed E-state index contributed by atoms with van der Waals surface area (Å²) < 4.78 is 0. The van der Waals surface area contributed by atoms with Gasteiger partial charge in [-0.2, -0.15) is 0 Å². The van der Waals surface area contributed by atoms with Crippen LogP contribution in [0.1, 0.15) is 27.8 Å². The van der Waals surface area contributed by atoms with Crippen LogP contribution in [0.15, 0.2) is 12.1 Å². The molecule has 0 aliphatic heterocycles. The first-order chi connectivity index (χ1) is 6.99. The lowest BCUT2D eigenvalue weighted by Crippen LogP contribution is -1.96. The van der Waals surface area contributed by atoms with E-state index in [1.165, 1.54) is 17.2 Å². The molecule has 0 bridgehead atoms. The zero-order valence-electron chi connectivity index (χ0n) is 9.52. The summed E-state index contributed by atoms with van der Waals surface area (Å²) in [4.78, 5) is 10.4. The zero-order chi connectivity index (χ0) is 11.6. The molecule has 80 valence electrons. The predicted octanol–water partition coefficient (Wildman–Crippen LogP) is 3.70. The first kappa shape index (κ1) is 12.0. The molecule has 0 saturated carbocycles. The van der Waals surface area contributed by atoms with Crippen molar-refractivity contribution in [1.29, 1.82) is 0 Å². The van der Waals surface area contributed by atoms with Gasteiger partial charge in [0, 0.05) is 0 Å². The molecule has 0 aliphatic rings. The second-order valence-corrected chi connectivity index (χ2v) is 4.19. The third-order valence-electron chi connectivity index (χ3n) is 2.82. The van der Waals surface area contributed by atoms with E-state index in [1.54, 1.807) is 0 Å². The van der Waals surface area contributed by atoms with Gasteiger partial charge in [0.25, 0.3) is 0 Å². The van der Waals surface area contributed by atoms with Crippen molar-refractivity contribution in [3.8, 4) is 0 Å². The van der Waals surface area contributed by atoms with E-state index in [0.29, 0.717) is 5.03 Å². The molecule has 0 unspecified atom stereocenters. The fourth-order valence-corrected chi connectivity index (χ4v) is 2.05. The van der Waals surface area contributed by atoms with Gasteiger partial charge >= 0.3 is 0 Å². The smallest absolute Gasteiger partial charge is 0.144 e. The van der Waals surface area contributed by atoms with E-state index in [0.717, 1.165) is 23.0 Å². The SMILES string of the molecule is Cc1cc(C)c(C)c(C(Cl)=CC=O)c1C. The van der Waals surface area contributed by atoms with Crippen molar-refractivity contribution in [2.24, 2.45) is 0 Å². The minimum atomic E-state index is 0.520. The van der Waals surface area contributed by atoms with Gasteiger partial charge in [0.15, 0.2) is 0 Å². The largest absolute Gasteiger partial charge is 0.299 e. The van der Waals surface area contributed by atoms with E-state index in [1.807, 2.05) is 13.8 Å². The van der Waals surface area contributed by atoms with Crippen molar-refractivity contribution in [3.63, 3.8) is 0 Å². The third-order valence-corrected chi connectivity index (χ3v) is 3.13. The second-order valence-electron chi connectivity index (χ2n) is 3.79. The van der Waals surface area contributed by atoms with Gasteiger partial charge in [-0.05, 0) is 61.6 Å². The molecule has 0 heterocycles. The van der Waals surface area contributed by atoms with E-state index < -0.39 is 0 Å². The highest BCUT2D eigenvalue weighted by Gasteiger charge is 2.10. The molecule has 0 aliphatic carbocycles. The fraction of sp³-hybridized carbons (Fsp3) is 0.308. The van der Waals surface area contributed by atoms with Gasteiger partial charge in [0.2, 0.25) is 0 Å². The number of halogens is 1. The standard InChI is InChI=1S/C13H15ClO/c1-8-7-9(2)11(4)13(10(8)3)12(14)5-6-15/h5-7H,1-4H3. The number of hydrogen-bond donors (Lipinski definition) is 0.